The van der Waals surface area contributed by atoms with E-state index in [4.69, 9.17) is 4.74 Å². The highest BCUT2D eigenvalue weighted by Gasteiger charge is 2.36. The number of benzene rings is 2. The molecule has 1 saturated carbocycles. The van der Waals surface area contributed by atoms with E-state index in [1.54, 1.807) is 42.6 Å². The van der Waals surface area contributed by atoms with Crippen LogP contribution in [0.25, 0.3) is 11.1 Å². The first-order valence-corrected chi connectivity index (χ1v) is 11.6. The van der Waals surface area contributed by atoms with Gasteiger partial charge in [0.1, 0.15) is 5.75 Å². The van der Waals surface area contributed by atoms with Crippen LogP contribution in [-0.2, 0) is 0 Å². The first-order chi connectivity index (χ1) is 16.5. The molecule has 2 aliphatic rings. The molecule has 0 spiro atoms. The van der Waals surface area contributed by atoms with Crippen molar-refractivity contribution < 1.29 is 19.4 Å². The summed E-state index contributed by atoms with van der Waals surface area (Å²) in [5.41, 5.74) is 3.58. The SMILES string of the molecule is COc1cc(C(=O)N2CC(O)C[C@@H]2c2cccc(C(=O)NC3CCC3)c2)ccc1-c1cn[nH]c1. The Balaban J connectivity index is 1.39. The first-order valence-electron chi connectivity index (χ1n) is 11.6. The lowest BCUT2D eigenvalue weighted by Gasteiger charge is -2.27. The number of hydrogen-bond donors (Lipinski definition) is 3. The number of H-pyrrole nitrogens is 1. The van der Waals surface area contributed by atoms with Gasteiger partial charge in [0, 0.05) is 41.0 Å². The molecule has 0 bridgehead atoms. The van der Waals surface area contributed by atoms with Gasteiger partial charge < -0.3 is 20.1 Å². The number of methoxy groups -OCH3 is 1. The van der Waals surface area contributed by atoms with Gasteiger partial charge in [-0.2, -0.15) is 5.10 Å². The zero-order chi connectivity index (χ0) is 23.7. The average molecular weight is 461 g/mol. The van der Waals surface area contributed by atoms with E-state index < -0.39 is 6.10 Å². The maximum absolute atomic E-state index is 13.5. The van der Waals surface area contributed by atoms with Crippen molar-refractivity contribution >= 4 is 11.8 Å². The van der Waals surface area contributed by atoms with Crippen molar-refractivity contribution in [2.24, 2.45) is 0 Å². The summed E-state index contributed by atoms with van der Waals surface area (Å²) in [5, 5.41) is 20.2. The largest absolute Gasteiger partial charge is 0.496 e. The topological polar surface area (TPSA) is 108 Å². The van der Waals surface area contributed by atoms with Crippen LogP contribution in [0.3, 0.4) is 0 Å². The van der Waals surface area contributed by atoms with E-state index in [9.17, 15) is 14.7 Å². The van der Waals surface area contributed by atoms with E-state index in [1.807, 2.05) is 24.3 Å². The third kappa shape index (κ3) is 4.28. The Morgan fingerprint density at radius 1 is 1.18 bits per heavy atom. The normalized spacial score (nSPS) is 20.1. The molecule has 2 heterocycles. The number of ether oxygens (including phenoxy) is 1. The number of nitrogens with one attached hydrogen (secondary N) is 2. The number of aromatic amines is 1. The van der Waals surface area contributed by atoms with Crippen LogP contribution in [-0.4, -0.2) is 57.8 Å². The van der Waals surface area contributed by atoms with Gasteiger partial charge in [-0.05, 0) is 61.6 Å². The Morgan fingerprint density at radius 3 is 2.74 bits per heavy atom. The van der Waals surface area contributed by atoms with Gasteiger partial charge in [0.25, 0.3) is 11.8 Å². The molecule has 34 heavy (non-hydrogen) atoms. The number of rotatable bonds is 6. The number of aromatic nitrogens is 2. The van der Waals surface area contributed by atoms with E-state index in [1.165, 1.54) is 0 Å². The maximum atomic E-state index is 13.5. The van der Waals surface area contributed by atoms with E-state index in [0.717, 1.165) is 36.0 Å². The fraction of sp³-hybridized carbons (Fsp3) is 0.346. The van der Waals surface area contributed by atoms with Crippen molar-refractivity contribution in [3.63, 3.8) is 0 Å². The van der Waals surface area contributed by atoms with E-state index in [2.05, 4.69) is 15.5 Å². The predicted molar refractivity (Wildman–Crippen MR) is 127 cm³/mol. The van der Waals surface area contributed by atoms with Gasteiger partial charge in [-0.1, -0.05) is 12.1 Å². The number of aliphatic hydroxyl groups is 1. The zero-order valence-corrected chi connectivity index (χ0v) is 19.0. The fourth-order valence-corrected chi connectivity index (χ4v) is 4.69. The predicted octanol–water partition coefficient (Wildman–Crippen LogP) is 3.32. The molecule has 2 aromatic carbocycles. The summed E-state index contributed by atoms with van der Waals surface area (Å²) in [5.74, 6) is 0.281. The molecule has 1 aliphatic heterocycles. The molecule has 8 heteroatoms. The van der Waals surface area contributed by atoms with Crippen LogP contribution in [0.15, 0.2) is 54.9 Å². The van der Waals surface area contributed by atoms with Crippen molar-refractivity contribution in [1.29, 1.82) is 0 Å². The number of carbonyl (C=O) groups excluding carboxylic acids is 2. The summed E-state index contributed by atoms with van der Waals surface area (Å²) in [6.45, 7) is 0.230. The summed E-state index contributed by atoms with van der Waals surface area (Å²) in [7, 11) is 1.57. The molecular weight excluding hydrogens is 432 g/mol. The summed E-state index contributed by atoms with van der Waals surface area (Å²) in [4.78, 5) is 27.8. The Labute approximate surface area is 197 Å². The van der Waals surface area contributed by atoms with Gasteiger partial charge in [-0.3, -0.25) is 14.7 Å². The molecular formula is C26H28N4O4. The van der Waals surface area contributed by atoms with Crippen LogP contribution >= 0.6 is 0 Å². The van der Waals surface area contributed by atoms with Gasteiger partial charge in [-0.15, -0.1) is 0 Å². The molecule has 1 unspecified atom stereocenters. The zero-order valence-electron chi connectivity index (χ0n) is 19.0. The lowest BCUT2D eigenvalue weighted by Crippen LogP contribution is -2.39. The molecule has 1 aliphatic carbocycles. The Hall–Kier alpha value is -3.65. The number of hydrogen-bond acceptors (Lipinski definition) is 5. The lowest BCUT2D eigenvalue weighted by atomic mass is 9.92. The van der Waals surface area contributed by atoms with Crippen molar-refractivity contribution in [3.8, 4) is 16.9 Å². The molecule has 1 saturated heterocycles. The van der Waals surface area contributed by atoms with Gasteiger partial charge in [0.15, 0.2) is 0 Å². The highest BCUT2D eigenvalue weighted by Crippen LogP contribution is 2.36. The van der Waals surface area contributed by atoms with Crippen molar-refractivity contribution in [2.45, 2.75) is 43.9 Å². The molecule has 5 rings (SSSR count). The van der Waals surface area contributed by atoms with Gasteiger partial charge in [0.2, 0.25) is 0 Å². The highest BCUT2D eigenvalue weighted by molar-refractivity contribution is 5.97. The minimum atomic E-state index is -0.631. The maximum Gasteiger partial charge on any atom is 0.254 e. The Morgan fingerprint density at radius 2 is 2.03 bits per heavy atom. The molecule has 2 amide bonds. The van der Waals surface area contributed by atoms with Gasteiger partial charge in [0.05, 0.1) is 25.5 Å². The first kappa shape index (κ1) is 22.2. The van der Waals surface area contributed by atoms with E-state index in [-0.39, 0.29) is 30.4 Å². The molecule has 8 nitrogen and oxygen atoms in total. The standard InChI is InChI=1S/C26H28N4O4/c1-34-24-11-18(8-9-22(24)19-13-27-28-14-19)26(33)30-15-21(31)12-23(30)16-4-2-5-17(10-16)25(32)29-20-6-3-7-20/h2,4-5,8-11,13-14,20-21,23,31H,3,6-7,12,15H2,1H3,(H,27,28)(H,29,32)/t21?,23-/m1/s1. The number of aliphatic hydroxyl groups excluding tert-OH is 1. The third-order valence-electron chi connectivity index (χ3n) is 6.77. The minimum absolute atomic E-state index is 0.0949. The van der Waals surface area contributed by atoms with Crippen LogP contribution in [0.1, 0.15) is 58.0 Å². The molecule has 1 aromatic heterocycles. The molecule has 0 radical (unpaired) electrons. The summed E-state index contributed by atoms with van der Waals surface area (Å²) in [6.07, 6.45) is 6.44. The fourth-order valence-electron chi connectivity index (χ4n) is 4.69. The smallest absolute Gasteiger partial charge is 0.254 e. The van der Waals surface area contributed by atoms with Crippen LogP contribution < -0.4 is 10.1 Å². The molecule has 3 aromatic rings. The number of likely N-dealkylation sites (tertiary alicyclic amines) is 1. The summed E-state index contributed by atoms with van der Waals surface area (Å²) >= 11 is 0. The quantitative estimate of drug-likeness (QED) is 0.523. The third-order valence-corrected chi connectivity index (χ3v) is 6.77. The second kappa shape index (κ2) is 9.30. The minimum Gasteiger partial charge on any atom is -0.496 e. The summed E-state index contributed by atoms with van der Waals surface area (Å²) < 4.78 is 5.54. The van der Waals surface area contributed by atoms with Crippen molar-refractivity contribution in [3.05, 3.63) is 71.5 Å². The molecule has 2 atom stereocenters. The Kier molecular flexibility index (Phi) is 6.06. The van der Waals surface area contributed by atoms with Crippen LogP contribution in [0, 0.1) is 0 Å². The molecule has 176 valence electrons. The number of carbonyl (C=O) groups is 2. The van der Waals surface area contributed by atoms with E-state index in [0.29, 0.717) is 23.3 Å². The number of amides is 2. The van der Waals surface area contributed by atoms with Crippen molar-refractivity contribution in [2.75, 3.05) is 13.7 Å². The second-order valence-electron chi connectivity index (χ2n) is 8.99. The van der Waals surface area contributed by atoms with Gasteiger partial charge in [-0.25, -0.2) is 0 Å². The van der Waals surface area contributed by atoms with Crippen molar-refractivity contribution in [1.82, 2.24) is 20.4 Å². The molecule has 2 fully saturated rings. The van der Waals surface area contributed by atoms with Crippen LogP contribution in [0.4, 0.5) is 0 Å². The monoisotopic (exact) mass is 460 g/mol. The average Bonchev–Trinajstić information content (AvgIpc) is 3.50. The van der Waals surface area contributed by atoms with Gasteiger partial charge >= 0.3 is 0 Å². The number of β-amino-alcohol motifs (C(OH)–C–C–N with tert-alkyl or cyclic N) is 1. The molecule has 3 N–H and O–H groups in total. The lowest BCUT2D eigenvalue weighted by molar-refractivity contribution is 0.0715. The van der Waals surface area contributed by atoms with E-state index >= 15 is 0 Å². The van der Waals surface area contributed by atoms with Crippen LogP contribution in [0.2, 0.25) is 0 Å². The summed E-state index contributed by atoms with van der Waals surface area (Å²) in [6, 6.07) is 12.6. The highest BCUT2D eigenvalue weighted by atomic mass is 16.5. The number of nitrogens with zero attached hydrogens (tertiary/aromatic N) is 2. The van der Waals surface area contributed by atoms with Crippen LogP contribution in [0.5, 0.6) is 5.75 Å². The Bertz CT molecular complexity index is 1190. The second-order valence-corrected chi connectivity index (χ2v) is 8.99.